The smallest absolute Gasteiger partial charge is 0.136 e. The number of hydrogen-bond acceptors (Lipinski definition) is 1. The van der Waals surface area contributed by atoms with Crippen LogP contribution >= 0.6 is 0 Å². The predicted molar refractivity (Wildman–Crippen MR) is 218 cm³/mol. The van der Waals surface area contributed by atoms with Gasteiger partial charge in [-0.2, -0.15) is 0 Å². The quantitative estimate of drug-likeness (QED) is 0.134. The number of fused-ring (bicyclic) bond motifs is 9. The molecule has 0 bridgehead atoms. The van der Waals surface area contributed by atoms with Crippen LogP contribution in [0.2, 0.25) is 0 Å². The normalized spacial score (nSPS) is 20.2. The van der Waals surface area contributed by atoms with Crippen LogP contribution in [0, 0.1) is 0 Å². The molecule has 51 heavy (non-hydrogen) atoms. The Morgan fingerprint density at radius 1 is 0.294 bits per heavy atom. The van der Waals surface area contributed by atoms with Gasteiger partial charge in [0.1, 0.15) is 11.2 Å². The third kappa shape index (κ3) is 4.28. The maximum atomic E-state index is 9.87. The summed E-state index contributed by atoms with van der Waals surface area (Å²) >= 11 is 0. The van der Waals surface area contributed by atoms with Gasteiger partial charge in [0.15, 0.2) is 0 Å². The van der Waals surface area contributed by atoms with Gasteiger partial charge >= 0.3 is 0 Å². The molecule has 0 radical (unpaired) electrons. The molecule has 0 saturated heterocycles. The maximum Gasteiger partial charge on any atom is 0.136 e. The van der Waals surface area contributed by atoms with E-state index < -0.39 is 290 Å². The van der Waals surface area contributed by atoms with Gasteiger partial charge in [0.2, 0.25) is 0 Å². The summed E-state index contributed by atoms with van der Waals surface area (Å²) in [5.41, 5.74) is -6.07. The Morgan fingerprint density at radius 2 is 0.765 bits per heavy atom. The van der Waals surface area contributed by atoms with Crippen LogP contribution in [0.1, 0.15) is 41.1 Å². The van der Waals surface area contributed by atoms with Crippen LogP contribution in [0.25, 0.3) is 109 Å². The van der Waals surface area contributed by atoms with E-state index in [9.17, 15) is 17.8 Å². The second-order valence-corrected chi connectivity index (χ2v) is 11.3. The Labute approximate surface area is 336 Å². The van der Waals surface area contributed by atoms with Crippen molar-refractivity contribution in [3.05, 3.63) is 181 Å². The lowest BCUT2D eigenvalue weighted by molar-refractivity contribution is 0.669. The summed E-state index contributed by atoms with van der Waals surface area (Å²) in [4.78, 5) is 0. The van der Waals surface area contributed by atoms with Crippen molar-refractivity contribution in [3.8, 4) is 33.4 Å². The van der Waals surface area contributed by atoms with E-state index in [4.69, 9.17) is 27.7 Å². The predicted octanol–water partition coefficient (Wildman–Crippen LogP) is 14.4. The summed E-state index contributed by atoms with van der Waals surface area (Å²) in [6, 6.07) is -27.9. The lowest BCUT2D eigenvalue weighted by Gasteiger charge is -2.18. The van der Waals surface area contributed by atoms with Crippen molar-refractivity contribution in [2.24, 2.45) is 0 Å². The fraction of sp³-hybridized carbons (Fsp3) is 0. The molecular formula is C50H30O. The molecule has 0 aliphatic carbocycles. The Balaban J connectivity index is 1.37. The third-order valence-electron chi connectivity index (χ3n) is 8.51. The molecular weight excluding hydrogens is 617 g/mol. The van der Waals surface area contributed by atoms with E-state index >= 15 is 0 Å². The number of hydrogen-bond donors (Lipinski definition) is 0. The molecule has 11 rings (SSSR count). The van der Waals surface area contributed by atoms with Gasteiger partial charge < -0.3 is 4.42 Å². The second kappa shape index (κ2) is 10.9. The molecule has 1 aromatic heterocycles. The zero-order valence-electron chi connectivity index (χ0n) is 55.4. The van der Waals surface area contributed by atoms with Crippen LogP contribution in [-0.2, 0) is 0 Å². The molecule has 11 aromatic rings. The SMILES string of the molecule is [2H]c1c([2H])c(-c2c([2H])c3c([2H])c([2H])c([2H])c([2H])c3c3c([2H])c([2H])c([2H])c([2H])c23)c([2H])c([2H])c1-c1c2c([2H])c([2H])c([2H])c([2H])c2c(-c2c([2H])c([2H])c3oc4c([2H])c5c([2H])c([2H])c([2H])c([2H])c5c([2H])c4c3c2[2H])c2c([2H])c([2H])c([2H])c([2H])c12. The van der Waals surface area contributed by atoms with Crippen LogP contribution in [-0.4, -0.2) is 0 Å². The van der Waals surface area contributed by atoms with Crippen LogP contribution < -0.4 is 0 Å². The van der Waals surface area contributed by atoms with E-state index in [1.807, 2.05) is 0 Å². The summed E-state index contributed by atoms with van der Waals surface area (Å²) in [5.74, 6) is 0. The zero-order valence-corrected chi connectivity index (χ0v) is 25.4. The average molecular weight is 677 g/mol. The highest BCUT2D eigenvalue weighted by atomic mass is 16.3. The van der Waals surface area contributed by atoms with E-state index in [-0.39, 0.29) is 0 Å². The molecule has 10 aromatic carbocycles. The summed E-state index contributed by atoms with van der Waals surface area (Å²) in [7, 11) is 0. The Bertz CT molecular complexity index is 4820. The van der Waals surface area contributed by atoms with E-state index in [2.05, 4.69) is 0 Å². The third-order valence-corrected chi connectivity index (χ3v) is 8.51. The first-order valence-electron chi connectivity index (χ1n) is 30.2. The Kier molecular flexibility index (Phi) is 2.50. The molecule has 0 spiro atoms. The summed E-state index contributed by atoms with van der Waals surface area (Å²) in [6.45, 7) is 0. The molecule has 0 amide bonds. The van der Waals surface area contributed by atoms with Gasteiger partial charge in [-0.15, -0.1) is 0 Å². The number of benzene rings is 10. The highest BCUT2D eigenvalue weighted by Gasteiger charge is 2.18. The molecule has 0 aliphatic heterocycles. The number of furan rings is 1. The fourth-order valence-electron chi connectivity index (χ4n) is 6.33. The van der Waals surface area contributed by atoms with Gasteiger partial charge in [0.25, 0.3) is 0 Å². The minimum atomic E-state index is -1.15. The van der Waals surface area contributed by atoms with Crippen molar-refractivity contribution >= 4 is 75.8 Å². The Hall–Kier alpha value is -6.70. The van der Waals surface area contributed by atoms with Gasteiger partial charge in [-0.25, -0.2) is 0 Å². The molecule has 0 fully saturated rings. The van der Waals surface area contributed by atoms with Gasteiger partial charge in [0, 0.05) is 10.8 Å². The van der Waals surface area contributed by atoms with Crippen molar-refractivity contribution in [2.75, 3.05) is 0 Å². The van der Waals surface area contributed by atoms with Gasteiger partial charge in [-0.1, -0.05) is 151 Å². The summed E-state index contributed by atoms with van der Waals surface area (Å²) < 4.78 is 278. The van der Waals surface area contributed by atoms with Gasteiger partial charge in [-0.3, -0.25) is 0 Å². The van der Waals surface area contributed by atoms with Crippen LogP contribution in [0.3, 0.4) is 0 Å². The largest absolute Gasteiger partial charge is 0.456 e. The summed E-state index contributed by atoms with van der Waals surface area (Å²) in [5, 5.41) is -7.47. The first-order valence-corrected chi connectivity index (χ1v) is 15.2. The fourth-order valence-corrected chi connectivity index (χ4v) is 6.33. The van der Waals surface area contributed by atoms with Crippen molar-refractivity contribution < 1.29 is 45.5 Å². The highest BCUT2D eigenvalue weighted by molar-refractivity contribution is 6.22. The minimum absolute atomic E-state index is 0.460. The second-order valence-electron chi connectivity index (χ2n) is 11.3. The molecule has 0 aliphatic rings. The van der Waals surface area contributed by atoms with Gasteiger partial charge in [-0.05, 0) is 117 Å². The van der Waals surface area contributed by atoms with Crippen LogP contribution in [0.5, 0.6) is 0 Å². The van der Waals surface area contributed by atoms with Crippen molar-refractivity contribution in [1.29, 1.82) is 0 Å². The lowest BCUT2D eigenvalue weighted by atomic mass is 9.85. The van der Waals surface area contributed by atoms with Crippen LogP contribution in [0.4, 0.5) is 0 Å². The molecule has 0 atom stereocenters. The van der Waals surface area contributed by atoms with Crippen LogP contribution in [0.15, 0.2) is 186 Å². The molecule has 0 saturated carbocycles. The lowest BCUT2D eigenvalue weighted by Crippen LogP contribution is -1.91. The zero-order chi connectivity index (χ0) is 59.6. The van der Waals surface area contributed by atoms with E-state index in [0.717, 1.165) is 0 Å². The summed E-state index contributed by atoms with van der Waals surface area (Å²) in [6.07, 6.45) is 0. The van der Waals surface area contributed by atoms with E-state index in [1.165, 1.54) is 0 Å². The maximum absolute atomic E-state index is 9.87. The van der Waals surface area contributed by atoms with Gasteiger partial charge in [0.05, 0.1) is 41.1 Å². The van der Waals surface area contributed by atoms with E-state index in [1.54, 1.807) is 0 Å². The molecule has 1 heteroatoms. The first-order chi connectivity index (χ1) is 37.8. The average Bonchev–Trinajstić information content (AvgIpc) is 3.43. The van der Waals surface area contributed by atoms with Crippen molar-refractivity contribution in [2.45, 2.75) is 0 Å². The monoisotopic (exact) mass is 676 g/mol. The Morgan fingerprint density at radius 3 is 1.43 bits per heavy atom. The topological polar surface area (TPSA) is 13.1 Å². The molecule has 236 valence electrons. The first kappa shape index (κ1) is 11.7. The molecule has 1 heterocycles. The van der Waals surface area contributed by atoms with E-state index in [0.29, 0.717) is 0 Å². The van der Waals surface area contributed by atoms with Crippen molar-refractivity contribution in [1.82, 2.24) is 0 Å². The van der Waals surface area contributed by atoms with Crippen molar-refractivity contribution in [3.63, 3.8) is 0 Å². The number of rotatable bonds is 3. The standard InChI is InChI=1S/C50H30O/c1-2-12-34-30-48-46(27-33(34)11-1)45-29-36(25-26-47(45)51-48)50-42-19-9-7-17-40(42)49(41-18-8-10-20-43(41)50)32-23-21-31(22-24-32)44-28-35-13-3-4-14-37(35)38-15-5-6-16-39(38)44/h1-30H/i1D,2D,3D,4D,5D,6D,7D,8D,9D,10D,11D,12D,13D,14D,15D,16D,17D,18D,19D,20D,21D,22D,23D,24D,25D,26D,27D,28D,29D,30D. The molecule has 0 unspecified atom stereocenters. The highest BCUT2D eigenvalue weighted by Crippen LogP contribution is 2.45. The molecule has 0 N–H and O–H groups in total. The minimum Gasteiger partial charge on any atom is -0.456 e. The molecule has 1 nitrogen and oxygen atoms in total.